The van der Waals surface area contributed by atoms with Crippen LogP contribution in [-0.2, 0) is 0 Å². The fraction of sp³-hybridized carbons (Fsp3) is 0.455. The molecule has 0 aliphatic heterocycles. The van der Waals surface area contributed by atoms with Gasteiger partial charge in [-0.15, -0.1) is 0 Å². The molecule has 1 rings (SSSR count). The first-order chi connectivity index (χ1) is 6.95. The molecule has 0 spiro atoms. The Morgan fingerprint density at radius 2 is 1.73 bits per heavy atom. The minimum Gasteiger partial charge on any atom is -0.390 e. The van der Waals surface area contributed by atoms with Crippen molar-refractivity contribution in [2.75, 3.05) is 0 Å². The quantitative estimate of drug-likeness (QED) is 0.864. The molecule has 1 aromatic carbocycles. The molecule has 2 nitrogen and oxygen atoms in total. The second-order valence-electron chi connectivity index (χ2n) is 3.82. The van der Waals surface area contributed by atoms with E-state index in [1.807, 2.05) is 13.8 Å². The number of hydrogen-bond acceptors (Lipinski definition) is 2. The smallest absolute Gasteiger partial charge is 0.107 e. The summed E-state index contributed by atoms with van der Waals surface area (Å²) in [5.74, 6) is -0.0463. The Morgan fingerprint density at radius 3 is 2.27 bits per heavy atom. The van der Waals surface area contributed by atoms with Crippen molar-refractivity contribution in [2.45, 2.75) is 26.1 Å². The second-order valence-corrected chi connectivity index (χ2v) is 4.61. The standard InChI is InChI=1S/C11H14Cl2O2/c1-6(2)10(14)11(15)7-4-3-5-8(12)9(7)13/h3-6,10-11,14-15H,1-2H3/t10?,11-/m1/s1. The monoisotopic (exact) mass is 248 g/mol. The van der Waals surface area contributed by atoms with Crippen molar-refractivity contribution in [1.82, 2.24) is 0 Å². The Labute approximate surface area is 99.5 Å². The largest absolute Gasteiger partial charge is 0.390 e. The molecule has 4 heteroatoms. The van der Waals surface area contributed by atoms with Crippen molar-refractivity contribution in [2.24, 2.45) is 5.92 Å². The van der Waals surface area contributed by atoms with Crippen molar-refractivity contribution in [3.8, 4) is 0 Å². The summed E-state index contributed by atoms with van der Waals surface area (Å²) in [4.78, 5) is 0. The van der Waals surface area contributed by atoms with Gasteiger partial charge in [0.1, 0.15) is 6.10 Å². The van der Waals surface area contributed by atoms with Gasteiger partial charge in [-0.05, 0) is 12.0 Å². The van der Waals surface area contributed by atoms with Gasteiger partial charge in [0.05, 0.1) is 16.1 Å². The molecule has 0 aliphatic carbocycles. The van der Waals surface area contributed by atoms with Crippen molar-refractivity contribution < 1.29 is 10.2 Å². The summed E-state index contributed by atoms with van der Waals surface area (Å²) in [6.45, 7) is 3.65. The van der Waals surface area contributed by atoms with Gasteiger partial charge in [-0.3, -0.25) is 0 Å². The highest BCUT2D eigenvalue weighted by molar-refractivity contribution is 6.42. The fourth-order valence-corrected chi connectivity index (χ4v) is 1.72. The summed E-state index contributed by atoms with van der Waals surface area (Å²) < 4.78 is 0. The summed E-state index contributed by atoms with van der Waals surface area (Å²) in [7, 11) is 0. The molecule has 0 heterocycles. The molecule has 0 fully saturated rings. The Morgan fingerprint density at radius 1 is 1.13 bits per heavy atom. The van der Waals surface area contributed by atoms with Crippen LogP contribution in [0.25, 0.3) is 0 Å². The molecule has 1 unspecified atom stereocenters. The first kappa shape index (κ1) is 12.8. The van der Waals surface area contributed by atoms with E-state index in [0.717, 1.165) is 0 Å². The maximum atomic E-state index is 9.87. The molecule has 0 saturated heterocycles. The molecule has 84 valence electrons. The van der Waals surface area contributed by atoms with E-state index in [4.69, 9.17) is 23.2 Å². The summed E-state index contributed by atoms with van der Waals surface area (Å²) >= 11 is 11.8. The minimum atomic E-state index is -1.00. The number of hydrogen-bond donors (Lipinski definition) is 2. The van der Waals surface area contributed by atoms with Gasteiger partial charge in [-0.25, -0.2) is 0 Å². The van der Waals surface area contributed by atoms with Crippen LogP contribution >= 0.6 is 23.2 Å². The number of benzene rings is 1. The number of aliphatic hydroxyl groups excluding tert-OH is 2. The average Bonchev–Trinajstić information content (AvgIpc) is 2.20. The highest BCUT2D eigenvalue weighted by Crippen LogP contribution is 2.32. The van der Waals surface area contributed by atoms with Gasteiger partial charge >= 0.3 is 0 Å². The van der Waals surface area contributed by atoms with Gasteiger partial charge in [0.2, 0.25) is 0 Å². The first-order valence-electron chi connectivity index (χ1n) is 4.75. The highest BCUT2D eigenvalue weighted by atomic mass is 35.5. The van der Waals surface area contributed by atoms with Crippen LogP contribution in [-0.4, -0.2) is 16.3 Å². The lowest BCUT2D eigenvalue weighted by Gasteiger charge is -2.22. The molecule has 15 heavy (non-hydrogen) atoms. The second kappa shape index (κ2) is 5.17. The molecule has 0 bridgehead atoms. The SMILES string of the molecule is CC(C)C(O)[C@H](O)c1cccc(Cl)c1Cl. The third-order valence-corrected chi connectivity index (χ3v) is 3.14. The zero-order valence-corrected chi connectivity index (χ0v) is 10.1. The minimum absolute atomic E-state index is 0.0463. The fourth-order valence-electron chi connectivity index (χ4n) is 1.30. The average molecular weight is 249 g/mol. The molecule has 0 amide bonds. The van der Waals surface area contributed by atoms with Crippen LogP contribution in [0, 0.1) is 5.92 Å². The normalized spacial score (nSPS) is 15.4. The Balaban J connectivity index is 3.01. The molecule has 0 radical (unpaired) electrons. The topological polar surface area (TPSA) is 40.5 Å². The van der Waals surface area contributed by atoms with Crippen molar-refractivity contribution in [3.63, 3.8) is 0 Å². The third kappa shape index (κ3) is 2.85. The molecule has 0 saturated carbocycles. The van der Waals surface area contributed by atoms with Crippen LogP contribution in [0.15, 0.2) is 18.2 Å². The zero-order valence-electron chi connectivity index (χ0n) is 8.61. The van der Waals surface area contributed by atoms with E-state index < -0.39 is 12.2 Å². The highest BCUT2D eigenvalue weighted by Gasteiger charge is 2.23. The predicted molar refractivity (Wildman–Crippen MR) is 62.3 cm³/mol. The lowest BCUT2D eigenvalue weighted by molar-refractivity contribution is -0.00933. The maximum absolute atomic E-state index is 9.87. The van der Waals surface area contributed by atoms with E-state index in [9.17, 15) is 10.2 Å². The van der Waals surface area contributed by atoms with Crippen LogP contribution in [0.3, 0.4) is 0 Å². The van der Waals surface area contributed by atoms with E-state index in [2.05, 4.69) is 0 Å². The van der Waals surface area contributed by atoms with Crippen LogP contribution < -0.4 is 0 Å². The van der Waals surface area contributed by atoms with Gasteiger partial charge in [-0.1, -0.05) is 49.2 Å². The molecule has 0 aromatic heterocycles. The van der Waals surface area contributed by atoms with E-state index in [1.54, 1.807) is 18.2 Å². The molecular weight excluding hydrogens is 235 g/mol. The summed E-state index contributed by atoms with van der Waals surface area (Å²) in [5.41, 5.74) is 0.463. The molecule has 0 aliphatic rings. The number of halogens is 2. The molecule has 2 atom stereocenters. The van der Waals surface area contributed by atoms with E-state index in [0.29, 0.717) is 15.6 Å². The summed E-state index contributed by atoms with van der Waals surface area (Å²) in [5, 5.41) is 20.3. The first-order valence-corrected chi connectivity index (χ1v) is 5.50. The van der Waals surface area contributed by atoms with Crippen LogP contribution in [0.2, 0.25) is 10.0 Å². The Bertz CT molecular complexity index is 339. The van der Waals surface area contributed by atoms with Crippen LogP contribution in [0.5, 0.6) is 0 Å². The van der Waals surface area contributed by atoms with Crippen molar-refractivity contribution in [3.05, 3.63) is 33.8 Å². The zero-order chi connectivity index (χ0) is 11.6. The van der Waals surface area contributed by atoms with E-state index in [1.165, 1.54) is 0 Å². The number of aliphatic hydroxyl groups is 2. The maximum Gasteiger partial charge on any atom is 0.107 e. The molecular formula is C11H14Cl2O2. The van der Waals surface area contributed by atoms with Gasteiger partial charge in [0, 0.05) is 5.56 Å². The van der Waals surface area contributed by atoms with Crippen molar-refractivity contribution in [1.29, 1.82) is 0 Å². The molecule has 2 N–H and O–H groups in total. The van der Waals surface area contributed by atoms with Crippen molar-refractivity contribution >= 4 is 23.2 Å². The van der Waals surface area contributed by atoms with Gasteiger partial charge < -0.3 is 10.2 Å². The lowest BCUT2D eigenvalue weighted by atomic mass is 9.96. The Hall–Kier alpha value is -0.280. The van der Waals surface area contributed by atoms with Crippen LogP contribution in [0.4, 0.5) is 0 Å². The summed E-state index contributed by atoms with van der Waals surface area (Å²) in [6, 6.07) is 4.99. The Kier molecular flexibility index (Phi) is 4.41. The lowest BCUT2D eigenvalue weighted by Crippen LogP contribution is -2.24. The molecule has 1 aromatic rings. The van der Waals surface area contributed by atoms with Gasteiger partial charge in [0.25, 0.3) is 0 Å². The summed E-state index contributed by atoms with van der Waals surface area (Å²) in [6.07, 6.45) is -1.85. The van der Waals surface area contributed by atoms with Gasteiger partial charge in [0.15, 0.2) is 0 Å². The number of rotatable bonds is 3. The van der Waals surface area contributed by atoms with E-state index in [-0.39, 0.29) is 5.92 Å². The van der Waals surface area contributed by atoms with Gasteiger partial charge in [-0.2, -0.15) is 0 Å². The van der Waals surface area contributed by atoms with Crippen LogP contribution in [0.1, 0.15) is 25.5 Å². The third-order valence-electron chi connectivity index (χ3n) is 2.31. The predicted octanol–water partition coefficient (Wildman–Crippen LogP) is 3.04. The van der Waals surface area contributed by atoms with E-state index >= 15 is 0 Å².